The Morgan fingerprint density at radius 3 is 2.50 bits per heavy atom. The Kier molecular flexibility index (Phi) is 4.27. The van der Waals surface area contributed by atoms with Gasteiger partial charge in [-0.3, -0.25) is 9.47 Å². The molecule has 2 aromatic rings. The highest BCUT2D eigenvalue weighted by molar-refractivity contribution is 5.95. The van der Waals surface area contributed by atoms with Gasteiger partial charge in [-0.05, 0) is 42.5 Å². The van der Waals surface area contributed by atoms with E-state index in [9.17, 15) is 4.79 Å². The first-order valence-corrected chi connectivity index (χ1v) is 10.3. The predicted molar refractivity (Wildman–Crippen MR) is 117 cm³/mol. The molecule has 30 heavy (non-hydrogen) atoms. The van der Waals surface area contributed by atoms with E-state index in [0.29, 0.717) is 45.4 Å². The van der Waals surface area contributed by atoms with Gasteiger partial charge >= 0.3 is 0 Å². The average Bonchev–Trinajstić information content (AvgIpc) is 3.04. The van der Waals surface area contributed by atoms with Gasteiger partial charge in [0.25, 0.3) is 5.56 Å². The molecule has 6 nitrogen and oxygen atoms in total. The maximum Gasteiger partial charge on any atom is 0.282 e. The lowest BCUT2D eigenvalue weighted by Gasteiger charge is -2.37. The first-order valence-electron chi connectivity index (χ1n) is 10.3. The maximum absolute atomic E-state index is 15.2. The lowest BCUT2D eigenvalue weighted by atomic mass is 9.91. The molecule has 2 aromatic carbocycles. The monoisotopic (exact) mass is 405 g/mol. The second kappa shape index (κ2) is 6.86. The molecule has 5 rings (SSSR count). The van der Waals surface area contributed by atoms with Gasteiger partial charge in [-0.2, -0.15) is 9.78 Å². The number of pyridine rings is 1. The number of aromatic nitrogens is 3. The minimum atomic E-state index is -0.321. The summed E-state index contributed by atoms with van der Waals surface area (Å²) in [4.78, 5) is 15.0. The van der Waals surface area contributed by atoms with E-state index < -0.39 is 0 Å². The molecule has 7 heteroatoms. The van der Waals surface area contributed by atoms with Crippen LogP contribution in [0, 0.1) is 17.7 Å². The number of halogens is 1. The molecular weight excluding hydrogens is 381 g/mol. The minimum absolute atomic E-state index is 0.277. The molecule has 1 fully saturated rings. The normalized spacial score (nSPS) is 19.6. The van der Waals surface area contributed by atoms with Crippen molar-refractivity contribution < 1.29 is 4.39 Å². The number of hydrogen-bond donors (Lipinski definition) is 1. The molecule has 2 unspecified atom stereocenters. The summed E-state index contributed by atoms with van der Waals surface area (Å²) in [5.74, 6) is 6.92. The van der Waals surface area contributed by atoms with Crippen LogP contribution >= 0.6 is 0 Å². The number of fused-ring (bicyclic) bond motifs is 3. The predicted octanol–water partition coefficient (Wildman–Crippen LogP) is 3.63. The summed E-state index contributed by atoms with van der Waals surface area (Å²) in [7, 11) is 0. The zero-order valence-corrected chi connectivity index (χ0v) is 17.0. The molecule has 1 saturated heterocycles. The third-order valence-corrected chi connectivity index (χ3v) is 5.95. The van der Waals surface area contributed by atoms with Gasteiger partial charge in [-0.15, -0.1) is 0 Å². The zero-order valence-electron chi connectivity index (χ0n) is 17.0. The van der Waals surface area contributed by atoms with E-state index in [-0.39, 0.29) is 11.4 Å². The Morgan fingerprint density at radius 1 is 1.10 bits per heavy atom. The van der Waals surface area contributed by atoms with E-state index in [0.717, 1.165) is 19.5 Å². The van der Waals surface area contributed by atoms with Gasteiger partial charge in [0, 0.05) is 24.7 Å². The minimum Gasteiger partial charge on any atom is -0.369 e. The topological polar surface area (TPSA) is 69.1 Å². The Morgan fingerprint density at radius 2 is 1.80 bits per heavy atom. The second-order valence-electron chi connectivity index (χ2n) is 8.52. The molecule has 2 atom stereocenters. The molecule has 0 saturated carbocycles. The Labute approximate surface area is 173 Å². The van der Waals surface area contributed by atoms with Crippen LogP contribution in [-0.2, 0) is 0 Å². The molecule has 0 bridgehead atoms. The summed E-state index contributed by atoms with van der Waals surface area (Å²) in [6.45, 7) is 6.01. The third kappa shape index (κ3) is 2.93. The molecule has 0 radical (unpaired) electrons. The summed E-state index contributed by atoms with van der Waals surface area (Å²) >= 11 is 0. The van der Waals surface area contributed by atoms with Crippen molar-refractivity contribution >= 4 is 16.6 Å². The number of nitrogen functional groups attached to an aromatic ring is 1. The number of para-hydroxylation sites is 1. The van der Waals surface area contributed by atoms with Crippen molar-refractivity contribution in [3.8, 4) is 16.9 Å². The Hall–Kier alpha value is -3.35. The molecule has 0 aliphatic carbocycles. The zero-order chi connectivity index (χ0) is 21.0. The Balaban J connectivity index is 1.71. The number of nitrogens with zero attached hydrogens (tertiary/aromatic N) is 4. The number of hydrogen-bond acceptors (Lipinski definition) is 4. The first kappa shape index (κ1) is 18.7. The molecule has 3 aliphatic rings. The van der Waals surface area contributed by atoms with E-state index in [1.54, 1.807) is 12.3 Å². The van der Waals surface area contributed by atoms with Crippen LogP contribution < -0.4 is 16.3 Å². The van der Waals surface area contributed by atoms with Crippen LogP contribution in [0.5, 0.6) is 0 Å². The summed E-state index contributed by atoms with van der Waals surface area (Å²) in [6.07, 6.45) is 2.72. The van der Waals surface area contributed by atoms with Crippen LogP contribution in [0.2, 0.25) is 0 Å². The molecular formula is C23H24FN5O. The molecule has 0 spiro atoms. The van der Waals surface area contributed by atoms with E-state index in [1.165, 1.54) is 15.4 Å². The maximum atomic E-state index is 15.2. The highest BCUT2D eigenvalue weighted by Gasteiger charge is 2.26. The Bertz CT molecular complexity index is 1250. The van der Waals surface area contributed by atoms with E-state index in [1.807, 2.05) is 30.3 Å². The fraction of sp³-hybridized carbons (Fsp3) is 0.304. The van der Waals surface area contributed by atoms with Gasteiger partial charge in [0.1, 0.15) is 11.5 Å². The average molecular weight is 405 g/mol. The molecule has 0 aromatic heterocycles. The summed E-state index contributed by atoms with van der Waals surface area (Å²) < 4.78 is 18.0. The van der Waals surface area contributed by atoms with Crippen LogP contribution in [0.15, 0.2) is 53.5 Å². The van der Waals surface area contributed by atoms with Gasteiger partial charge in [-0.1, -0.05) is 32.0 Å². The van der Waals surface area contributed by atoms with E-state index >= 15 is 4.39 Å². The number of piperidine rings is 1. The van der Waals surface area contributed by atoms with Gasteiger partial charge in [0.2, 0.25) is 0 Å². The van der Waals surface area contributed by atoms with Gasteiger partial charge < -0.3 is 10.7 Å². The number of rotatable bonds is 2. The number of nitrogens with two attached hydrogens (primary N) is 1. The van der Waals surface area contributed by atoms with Crippen molar-refractivity contribution in [1.29, 1.82) is 0 Å². The van der Waals surface area contributed by atoms with Gasteiger partial charge in [-0.25, -0.2) is 4.39 Å². The molecule has 0 amide bonds. The van der Waals surface area contributed by atoms with Crippen LogP contribution in [0.3, 0.4) is 0 Å². The third-order valence-electron chi connectivity index (χ3n) is 5.95. The van der Waals surface area contributed by atoms with Gasteiger partial charge in [0.05, 0.1) is 22.5 Å². The second-order valence-corrected chi connectivity index (χ2v) is 8.52. The summed E-state index contributed by atoms with van der Waals surface area (Å²) in [5, 5.41) is 5.04. The van der Waals surface area contributed by atoms with Crippen molar-refractivity contribution in [3.63, 3.8) is 0 Å². The summed E-state index contributed by atoms with van der Waals surface area (Å²) in [5.41, 5.74) is 2.38. The standard InChI is InChI=1S/C23H24FN5O/c1-14-8-15(2)12-27(11-14)21-10-20-17(9-19(21)24)22-18(13-28(20)25)23(30)29(26-22)16-6-4-3-5-7-16/h3-7,9-10,13-15H,8,11-12,25H2,1-2H3. The van der Waals surface area contributed by atoms with Crippen LogP contribution in [0.4, 0.5) is 10.1 Å². The smallest absolute Gasteiger partial charge is 0.282 e. The highest BCUT2D eigenvalue weighted by atomic mass is 19.1. The van der Waals surface area contributed by atoms with Crippen molar-refractivity contribution in [2.75, 3.05) is 23.8 Å². The van der Waals surface area contributed by atoms with E-state index in [4.69, 9.17) is 5.84 Å². The van der Waals surface area contributed by atoms with E-state index in [2.05, 4.69) is 23.8 Å². The van der Waals surface area contributed by atoms with Crippen molar-refractivity contribution in [2.24, 2.45) is 11.8 Å². The van der Waals surface area contributed by atoms with Crippen molar-refractivity contribution in [1.82, 2.24) is 14.5 Å². The largest absolute Gasteiger partial charge is 0.369 e. The lowest BCUT2D eigenvalue weighted by Crippen LogP contribution is -2.39. The van der Waals surface area contributed by atoms with Gasteiger partial charge in [0.15, 0.2) is 0 Å². The molecule has 154 valence electrons. The number of benzene rings is 2. The lowest BCUT2D eigenvalue weighted by molar-refractivity contribution is 0.354. The molecule has 2 N–H and O–H groups in total. The highest BCUT2D eigenvalue weighted by Crippen LogP contribution is 2.34. The van der Waals surface area contributed by atoms with Crippen LogP contribution in [0.25, 0.3) is 27.8 Å². The first-order chi connectivity index (χ1) is 14.4. The molecule has 3 heterocycles. The van der Waals surface area contributed by atoms with Crippen LogP contribution in [-0.4, -0.2) is 27.5 Å². The quantitative estimate of drug-likeness (QED) is 0.517. The van der Waals surface area contributed by atoms with Crippen molar-refractivity contribution in [2.45, 2.75) is 20.3 Å². The SMILES string of the molecule is CC1CC(C)CN(c2cc3c(cc2F)c2nn(-c4ccccc4)c(=O)c-2cn3N)C1. The van der Waals surface area contributed by atoms with Crippen molar-refractivity contribution in [3.05, 3.63) is 64.8 Å². The molecule has 3 aliphatic heterocycles. The fourth-order valence-corrected chi connectivity index (χ4v) is 4.74. The van der Waals surface area contributed by atoms with Crippen LogP contribution in [0.1, 0.15) is 20.3 Å². The summed E-state index contributed by atoms with van der Waals surface area (Å²) in [6, 6.07) is 12.4. The number of anilines is 1. The fourth-order valence-electron chi connectivity index (χ4n) is 4.74.